The predicted octanol–water partition coefficient (Wildman–Crippen LogP) is 3.91. The Bertz CT molecular complexity index is 1440. The first-order chi connectivity index (χ1) is 18.6. The molecule has 200 valence electrons. The van der Waals surface area contributed by atoms with Gasteiger partial charge in [-0.25, -0.2) is 9.36 Å². The molecule has 5 heterocycles. The van der Waals surface area contributed by atoms with E-state index in [-0.39, 0.29) is 6.10 Å². The minimum absolute atomic E-state index is 0.110. The number of benzene rings is 1. The number of likely N-dealkylation sites (tertiary alicyclic amines) is 1. The summed E-state index contributed by atoms with van der Waals surface area (Å²) in [4.78, 5) is 2.49. The van der Waals surface area contributed by atoms with E-state index in [2.05, 4.69) is 38.4 Å². The van der Waals surface area contributed by atoms with E-state index >= 15 is 0 Å². The number of aromatic nitrogens is 6. The summed E-state index contributed by atoms with van der Waals surface area (Å²) >= 11 is 0. The number of nitrogens with one attached hydrogen (secondary N) is 1. The fourth-order valence-corrected chi connectivity index (χ4v) is 5.23. The Labute approximate surface area is 222 Å². The summed E-state index contributed by atoms with van der Waals surface area (Å²) in [6, 6.07) is 6.20. The van der Waals surface area contributed by atoms with E-state index in [1.54, 1.807) is 4.68 Å². The average molecular weight is 518 g/mol. The van der Waals surface area contributed by atoms with Crippen molar-refractivity contribution in [3.63, 3.8) is 0 Å². The number of rotatable bonds is 3. The lowest BCUT2D eigenvalue weighted by atomic mass is 10.1. The van der Waals surface area contributed by atoms with Crippen molar-refractivity contribution in [1.29, 1.82) is 0 Å². The summed E-state index contributed by atoms with van der Waals surface area (Å²) in [6.07, 6.45) is 8.40. The number of aromatic amines is 1. The van der Waals surface area contributed by atoms with Gasteiger partial charge in [0.25, 0.3) is 0 Å². The molecular weight excluding hydrogens is 482 g/mol. The monoisotopic (exact) mass is 517 g/mol. The van der Waals surface area contributed by atoms with Crippen LogP contribution in [0.3, 0.4) is 0 Å². The Morgan fingerprint density at radius 2 is 1.92 bits per heavy atom. The van der Waals surface area contributed by atoms with Crippen molar-refractivity contribution in [2.45, 2.75) is 39.3 Å². The molecule has 0 aliphatic carbocycles. The summed E-state index contributed by atoms with van der Waals surface area (Å²) in [5, 5.41) is 18.0. The number of aryl methyl sites for hydroxylation is 2. The van der Waals surface area contributed by atoms with Gasteiger partial charge in [-0.15, -0.1) is 0 Å². The molecule has 1 atom stereocenters. The minimum atomic E-state index is -0.110. The number of ether oxygens (including phenoxy) is 3. The molecule has 4 aromatic rings. The van der Waals surface area contributed by atoms with Gasteiger partial charge in [-0.05, 0) is 69.6 Å². The molecule has 1 aromatic carbocycles. The standard InChI is InChI=1S/C28H35N7O3/c1-19-18-38-28-22(20(2)32-35(28)13-12-34-10-4-5-11-34)7-9-26-23-16-21(6-8-25(23)30-31-26)24-17-29-33(3)27(24)37-15-14-36-19/h6-9,16-17,19H,4-5,10-15,18H2,1-3H3,(H,30,31)/b9-7+. The van der Waals surface area contributed by atoms with Crippen molar-refractivity contribution in [2.75, 3.05) is 39.5 Å². The molecule has 0 radical (unpaired) electrons. The quantitative estimate of drug-likeness (QED) is 0.440. The second kappa shape index (κ2) is 10.6. The van der Waals surface area contributed by atoms with Gasteiger partial charge in [-0.3, -0.25) is 5.10 Å². The molecule has 0 amide bonds. The molecular formula is C28H35N7O3. The second-order valence-electron chi connectivity index (χ2n) is 10.1. The van der Waals surface area contributed by atoms with Crippen LogP contribution in [0, 0.1) is 6.92 Å². The molecule has 3 aromatic heterocycles. The third-order valence-corrected chi connectivity index (χ3v) is 7.33. The Kier molecular flexibility index (Phi) is 6.90. The third-order valence-electron chi connectivity index (χ3n) is 7.33. The van der Waals surface area contributed by atoms with Gasteiger partial charge >= 0.3 is 0 Å². The summed E-state index contributed by atoms with van der Waals surface area (Å²) in [7, 11) is 1.88. The molecule has 1 unspecified atom stereocenters. The highest BCUT2D eigenvalue weighted by Crippen LogP contribution is 2.33. The van der Waals surface area contributed by atoms with Gasteiger partial charge < -0.3 is 19.1 Å². The molecule has 0 spiro atoms. The molecule has 0 saturated carbocycles. The molecule has 10 heteroatoms. The van der Waals surface area contributed by atoms with Gasteiger partial charge in [0.1, 0.15) is 13.2 Å². The Morgan fingerprint density at radius 3 is 2.79 bits per heavy atom. The predicted molar refractivity (Wildman–Crippen MR) is 146 cm³/mol. The topological polar surface area (TPSA) is 95.3 Å². The van der Waals surface area contributed by atoms with E-state index in [0.717, 1.165) is 71.0 Å². The fourth-order valence-electron chi connectivity index (χ4n) is 5.23. The van der Waals surface area contributed by atoms with Gasteiger partial charge in [-0.2, -0.15) is 15.3 Å². The van der Waals surface area contributed by atoms with Crippen LogP contribution in [0.15, 0.2) is 24.4 Å². The maximum atomic E-state index is 6.38. The number of nitrogens with zero attached hydrogens (tertiary/aromatic N) is 6. The third kappa shape index (κ3) is 4.93. The van der Waals surface area contributed by atoms with Gasteiger partial charge in [-0.1, -0.05) is 6.07 Å². The number of hydrogen-bond donors (Lipinski definition) is 1. The summed E-state index contributed by atoms with van der Waals surface area (Å²) < 4.78 is 22.3. The van der Waals surface area contributed by atoms with E-state index in [9.17, 15) is 0 Å². The first-order valence-corrected chi connectivity index (χ1v) is 13.4. The fraction of sp³-hybridized carbons (Fsp3) is 0.464. The minimum Gasteiger partial charge on any atom is -0.475 e. The van der Waals surface area contributed by atoms with Crippen molar-refractivity contribution in [2.24, 2.45) is 7.05 Å². The summed E-state index contributed by atoms with van der Waals surface area (Å²) in [5.74, 6) is 1.49. The summed E-state index contributed by atoms with van der Waals surface area (Å²) in [6.45, 7) is 9.39. The molecule has 1 saturated heterocycles. The zero-order chi connectivity index (χ0) is 26.1. The highest BCUT2D eigenvalue weighted by molar-refractivity contribution is 5.93. The highest BCUT2D eigenvalue weighted by Gasteiger charge is 2.20. The number of fused-ring (bicyclic) bond motifs is 4. The SMILES string of the molecule is Cc1nn(CCN2CCCC2)c2c1/C=C/c1[nH]nc3ccc(cc13)-c1cnn(C)c1OCCOC(C)CO2. The Hall–Kier alpha value is -3.63. The van der Waals surface area contributed by atoms with Gasteiger partial charge in [0.2, 0.25) is 11.8 Å². The number of hydrogen-bond acceptors (Lipinski definition) is 7. The van der Waals surface area contributed by atoms with Crippen LogP contribution >= 0.6 is 0 Å². The van der Waals surface area contributed by atoms with Gasteiger partial charge in [0.05, 0.1) is 53.5 Å². The van der Waals surface area contributed by atoms with E-state index in [1.165, 1.54) is 12.8 Å². The average Bonchev–Trinajstić information content (AvgIpc) is 3.70. The van der Waals surface area contributed by atoms with Crippen LogP contribution in [-0.2, 0) is 18.3 Å². The first kappa shape index (κ1) is 24.7. The van der Waals surface area contributed by atoms with Crippen LogP contribution in [0.2, 0.25) is 0 Å². The lowest BCUT2D eigenvalue weighted by molar-refractivity contribution is 0.0141. The lowest BCUT2D eigenvalue weighted by Crippen LogP contribution is -2.26. The Balaban J connectivity index is 1.38. The van der Waals surface area contributed by atoms with Crippen LogP contribution in [0.1, 0.15) is 36.7 Å². The molecule has 2 aliphatic rings. The molecule has 38 heavy (non-hydrogen) atoms. The lowest BCUT2D eigenvalue weighted by Gasteiger charge is -2.18. The van der Waals surface area contributed by atoms with Gasteiger partial charge in [0.15, 0.2) is 0 Å². The van der Waals surface area contributed by atoms with Crippen LogP contribution in [0.25, 0.3) is 34.2 Å². The van der Waals surface area contributed by atoms with E-state index in [0.29, 0.717) is 25.7 Å². The van der Waals surface area contributed by atoms with E-state index in [4.69, 9.17) is 19.3 Å². The zero-order valence-corrected chi connectivity index (χ0v) is 22.3. The van der Waals surface area contributed by atoms with Crippen LogP contribution < -0.4 is 9.47 Å². The largest absolute Gasteiger partial charge is 0.475 e. The van der Waals surface area contributed by atoms with Gasteiger partial charge in [0, 0.05) is 19.0 Å². The van der Waals surface area contributed by atoms with E-state index < -0.39 is 0 Å². The molecule has 1 N–H and O–H groups in total. The molecule has 2 bridgehead atoms. The van der Waals surface area contributed by atoms with Crippen LogP contribution in [0.5, 0.6) is 11.8 Å². The van der Waals surface area contributed by atoms with Crippen molar-refractivity contribution < 1.29 is 14.2 Å². The number of H-pyrrole nitrogens is 1. The maximum Gasteiger partial charge on any atom is 0.219 e. The zero-order valence-electron chi connectivity index (χ0n) is 22.3. The smallest absolute Gasteiger partial charge is 0.219 e. The normalized spacial score (nSPS) is 19.6. The molecule has 1 fully saturated rings. The van der Waals surface area contributed by atoms with Crippen molar-refractivity contribution in [3.05, 3.63) is 41.3 Å². The maximum absolute atomic E-state index is 6.38. The van der Waals surface area contributed by atoms with E-state index in [1.807, 2.05) is 43.9 Å². The summed E-state index contributed by atoms with van der Waals surface area (Å²) in [5.41, 5.74) is 5.68. The van der Waals surface area contributed by atoms with Crippen LogP contribution in [-0.4, -0.2) is 80.2 Å². The Morgan fingerprint density at radius 1 is 1.05 bits per heavy atom. The van der Waals surface area contributed by atoms with Crippen molar-refractivity contribution >= 4 is 23.1 Å². The van der Waals surface area contributed by atoms with Crippen molar-refractivity contribution in [3.8, 4) is 22.9 Å². The second-order valence-corrected chi connectivity index (χ2v) is 10.1. The molecule has 6 rings (SSSR count). The first-order valence-electron chi connectivity index (χ1n) is 13.4. The van der Waals surface area contributed by atoms with Crippen LogP contribution in [0.4, 0.5) is 0 Å². The molecule has 2 aliphatic heterocycles. The van der Waals surface area contributed by atoms with Crippen molar-refractivity contribution in [1.82, 2.24) is 34.7 Å². The molecule has 10 nitrogen and oxygen atoms in total. The highest BCUT2D eigenvalue weighted by atomic mass is 16.6.